The first-order valence-electron chi connectivity index (χ1n) is 9.17. The Morgan fingerprint density at radius 3 is 2.21 bits per heavy atom. The SMILES string of the molecule is CCC=O.CCn1c(-c2ccc(NC)cc2)c(C#N)c2ccc(C(F)(F)F)cc21. The molecule has 0 saturated heterocycles. The van der Waals surface area contributed by atoms with E-state index in [-0.39, 0.29) is 0 Å². The van der Waals surface area contributed by atoms with E-state index in [4.69, 9.17) is 0 Å². The van der Waals surface area contributed by atoms with Gasteiger partial charge in [-0.25, -0.2) is 0 Å². The zero-order valence-corrected chi connectivity index (χ0v) is 16.5. The van der Waals surface area contributed by atoms with Crippen molar-refractivity contribution in [2.75, 3.05) is 12.4 Å². The number of benzene rings is 2. The number of aromatic nitrogens is 1. The summed E-state index contributed by atoms with van der Waals surface area (Å²) < 4.78 is 41.0. The first kappa shape index (κ1) is 22.0. The summed E-state index contributed by atoms with van der Waals surface area (Å²) in [4.78, 5) is 9.17. The number of alkyl halides is 3. The molecule has 4 nitrogen and oxygen atoms in total. The van der Waals surface area contributed by atoms with Crippen LogP contribution in [0.4, 0.5) is 18.9 Å². The van der Waals surface area contributed by atoms with Gasteiger partial charge in [-0.1, -0.05) is 25.1 Å². The average Bonchev–Trinajstić information content (AvgIpc) is 3.06. The van der Waals surface area contributed by atoms with Crippen molar-refractivity contribution in [1.82, 2.24) is 4.57 Å². The van der Waals surface area contributed by atoms with Gasteiger partial charge in [0.05, 0.1) is 22.3 Å². The van der Waals surface area contributed by atoms with Crippen LogP contribution < -0.4 is 5.32 Å². The van der Waals surface area contributed by atoms with Crippen LogP contribution in [0.25, 0.3) is 22.2 Å². The first-order valence-corrected chi connectivity index (χ1v) is 9.17. The Bertz CT molecular complexity index is 1030. The Balaban J connectivity index is 0.000000687. The summed E-state index contributed by atoms with van der Waals surface area (Å²) in [5, 5.41) is 13.2. The minimum absolute atomic E-state index is 0.391. The van der Waals surface area contributed by atoms with Crippen molar-refractivity contribution in [2.45, 2.75) is 33.0 Å². The van der Waals surface area contributed by atoms with Gasteiger partial charge in [-0.15, -0.1) is 0 Å². The molecule has 0 radical (unpaired) electrons. The maximum absolute atomic E-state index is 13.1. The van der Waals surface area contributed by atoms with E-state index < -0.39 is 11.7 Å². The third-order valence-corrected chi connectivity index (χ3v) is 4.43. The predicted molar refractivity (Wildman–Crippen MR) is 109 cm³/mol. The number of carbonyl (C=O) groups excluding carboxylic acids is 1. The van der Waals surface area contributed by atoms with Gasteiger partial charge in [0.1, 0.15) is 12.4 Å². The molecule has 29 heavy (non-hydrogen) atoms. The van der Waals surface area contributed by atoms with Gasteiger partial charge in [0.2, 0.25) is 0 Å². The summed E-state index contributed by atoms with van der Waals surface area (Å²) in [7, 11) is 1.80. The van der Waals surface area contributed by atoms with Gasteiger partial charge in [0, 0.05) is 31.1 Å². The number of carbonyl (C=O) groups is 1. The monoisotopic (exact) mass is 401 g/mol. The summed E-state index contributed by atoms with van der Waals surface area (Å²) in [6.07, 6.45) is -2.90. The summed E-state index contributed by atoms with van der Waals surface area (Å²) in [5.41, 5.74) is 2.45. The second-order valence-corrected chi connectivity index (χ2v) is 6.21. The highest BCUT2D eigenvalue weighted by Crippen LogP contribution is 2.37. The number of hydrogen-bond acceptors (Lipinski definition) is 3. The molecule has 3 rings (SSSR count). The smallest absolute Gasteiger partial charge is 0.388 e. The van der Waals surface area contributed by atoms with Crippen LogP contribution in [0, 0.1) is 11.3 Å². The quantitative estimate of drug-likeness (QED) is 0.558. The van der Waals surface area contributed by atoms with E-state index in [0.717, 1.165) is 29.7 Å². The lowest BCUT2D eigenvalue weighted by Gasteiger charge is -2.11. The number of hydrogen-bond donors (Lipinski definition) is 1. The lowest BCUT2D eigenvalue weighted by molar-refractivity contribution is -0.137. The molecule has 0 amide bonds. The number of halogens is 3. The fraction of sp³-hybridized carbons (Fsp3) is 0.273. The molecule has 1 N–H and O–H groups in total. The minimum atomic E-state index is -4.42. The van der Waals surface area contributed by atoms with Gasteiger partial charge in [-0.05, 0) is 36.8 Å². The number of nitrogens with zero attached hydrogens (tertiary/aromatic N) is 2. The van der Waals surface area contributed by atoms with Crippen molar-refractivity contribution in [3.63, 3.8) is 0 Å². The van der Waals surface area contributed by atoms with Crippen LogP contribution in [-0.2, 0) is 17.5 Å². The van der Waals surface area contributed by atoms with Crippen molar-refractivity contribution in [3.8, 4) is 17.3 Å². The van der Waals surface area contributed by atoms with E-state index >= 15 is 0 Å². The molecule has 0 aliphatic carbocycles. The molecule has 0 atom stereocenters. The van der Waals surface area contributed by atoms with E-state index in [2.05, 4.69) is 11.4 Å². The van der Waals surface area contributed by atoms with Crippen molar-refractivity contribution < 1.29 is 18.0 Å². The number of aldehydes is 1. The maximum atomic E-state index is 13.1. The molecule has 0 saturated carbocycles. The number of rotatable bonds is 4. The second-order valence-electron chi connectivity index (χ2n) is 6.21. The minimum Gasteiger partial charge on any atom is -0.388 e. The van der Waals surface area contributed by atoms with E-state index in [1.807, 2.05) is 38.1 Å². The molecule has 0 unspecified atom stereocenters. The van der Waals surface area contributed by atoms with Crippen LogP contribution in [0.1, 0.15) is 31.4 Å². The molecule has 0 aliphatic heterocycles. The van der Waals surface area contributed by atoms with E-state index in [0.29, 0.717) is 35.1 Å². The molecule has 0 fully saturated rings. The fourth-order valence-electron chi connectivity index (χ4n) is 3.06. The van der Waals surface area contributed by atoms with E-state index in [1.54, 1.807) is 11.6 Å². The third kappa shape index (κ3) is 4.60. The molecule has 152 valence electrons. The average molecular weight is 401 g/mol. The van der Waals surface area contributed by atoms with Crippen molar-refractivity contribution in [2.24, 2.45) is 0 Å². The normalized spacial score (nSPS) is 10.8. The molecule has 0 aliphatic rings. The Hall–Kier alpha value is -3.27. The Morgan fingerprint density at radius 2 is 1.76 bits per heavy atom. The largest absolute Gasteiger partial charge is 0.416 e. The maximum Gasteiger partial charge on any atom is 0.416 e. The summed E-state index contributed by atoms with van der Waals surface area (Å²) in [6, 6.07) is 13.1. The molecular weight excluding hydrogens is 379 g/mol. The van der Waals surface area contributed by atoms with Crippen molar-refractivity contribution in [1.29, 1.82) is 5.26 Å². The van der Waals surface area contributed by atoms with Gasteiger partial charge < -0.3 is 14.7 Å². The highest BCUT2D eigenvalue weighted by molar-refractivity contribution is 5.95. The predicted octanol–water partition coefficient (Wildman–Crippen LogP) is 5.86. The van der Waals surface area contributed by atoms with Crippen molar-refractivity contribution >= 4 is 22.9 Å². The molecule has 1 aromatic heterocycles. The van der Waals surface area contributed by atoms with Crippen molar-refractivity contribution in [3.05, 3.63) is 53.6 Å². The second kappa shape index (κ2) is 9.28. The highest BCUT2D eigenvalue weighted by atomic mass is 19.4. The number of fused-ring (bicyclic) bond motifs is 1. The molecule has 0 spiro atoms. The van der Waals surface area contributed by atoms with Gasteiger partial charge in [-0.2, -0.15) is 18.4 Å². The number of aryl methyl sites for hydroxylation is 1. The topological polar surface area (TPSA) is 57.8 Å². The van der Waals surface area contributed by atoms with Gasteiger partial charge in [0.25, 0.3) is 0 Å². The Labute approximate surface area is 167 Å². The van der Waals surface area contributed by atoms with E-state index in [1.165, 1.54) is 6.07 Å². The fourth-order valence-corrected chi connectivity index (χ4v) is 3.06. The van der Waals surface area contributed by atoms with Crippen LogP contribution in [0.5, 0.6) is 0 Å². The molecular formula is C22H22F3N3O. The van der Waals surface area contributed by atoms with Gasteiger partial charge in [0.15, 0.2) is 0 Å². The molecule has 7 heteroatoms. The van der Waals surface area contributed by atoms with Crippen LogP contribution in [0.15, 0.2) is 42.5 Å². The number of nitrogens with one attached hydrogen (secondary N) is 1. The van der Waals surface area contributed by atoms with Gasteiger partial charge >= 0.3 is 6.18 Å². The van der Waals surface area contributed by atoms with Crippen LogP contribution >= 0.6 is 0 Å². The molecule has 3 aromatic rings. The first-order chi connectivity index (χ1) is 13.8. The van der Waals surface area contributed by atoms with Crippen LogP contribution in [0.2, 0.25) is 0 Å². The molecule has 2 aromatic carbocycles. The Morgan fingerprint density at radius 1 is 1.14 bits per heavy atom. The summed E-state index contributed by atoms with van der Waals surface area (Å²) in [6.45, 7) is 4.13. The zero-order valence-electron chi connectivity index (χ0n) is 16.5. The van der Waals surface area contributed by atoms with E-state index in [9.17, 15) is 23.2 Å². The lowest BCUT2D eigenvalue weighted by atomic mass is 10.0. The molecule has 1 heterocycles. The van der Waals surface area contributed by atoms with Gasteiger partial charge in [-0.3, -0.25) is 0 Å². The standard InChI is InChI=1S/C19H16F3N3.C3H6O/c1-3-25-17-10-13(19(20,21)22)6-9-15(17)16(11-23)18(25)12-4-7-14(24-2)8-5-12;1-2-3-4/h4-10,24H,3H2,1-2H3;3H,2H2,1H3. The summed E-state index contributed by atoms with van der Waals surface area (Å²) in [5.74, 6) is 0. The Kier molecular flexibility index (Phi) is 7.05. The third-order valence-electron chi connectivity index (χ3n) is 4.43. The highest BCUT2D eigenvalue weighted by Gasteiger charge is 2.31. The number of anilines is 1. The zero-order chi connectivity index (χ0) is 21.6. The lowest BCUT2D eigenvalue weighted by Crippen LogP contribution is -2.05. The summed E-state index contributed by atoms with van der Waals surface area (Å²) >= 11 is 0. The molecule has 0 bridgehead atoms. The number of nitriles is 1. The van der Waals surface area contributed by atoms with Crippen LogP contribution in [-0.4, -0.2) is 17.9 Å². The van der Waals surface area contributed by atoms with Crippen LogP contribution in [0.3, 0.4) is 0 Å².